The molecule has 0 aromatic rings. The van der Waals surface area contributed by atoms with E-state index in [1.807, 2.05) is 0 Å². The Morgan fingerprint density at radius 1 is 0.933 bits per heavy atom. The number of allylic oxidation sites excluding steroid dienone is 8. The molecule has 0 aliphatic heterocycles. The van der Waals surface area contributed by atoms with Crippen molar-refractivity contribution in [2.45, 2.75) is 33.1 Å². The maximum Gasteiger partial charge on any atom is 0.0256 e. The number of rotatable bonds is 2. The molecule has 0 unspecified atom stereocenters. The van der Waals surface area contributed by atoms with Crippen LogP contribution in [0.1, 0.15) is 33.1 Å². The highest BCUT2D eigenvalue weighted by Gasteiger charge is 2.19. The highest BCUT2D eigenvalue weighted by atomic mass is 35.5. The molecule has 2 aliphatic rings. The Kier molecular flexibility index (Phi) is 3.08. The maximum atomic E-state index is 6.19. The van der Waals surface area contributed by atoms with E-state index >= 15 is 0 Å². The van der Waals surface area contributed by atoms with Crippen LogP contribution < -0.4 is 0 Å². The zero-order valence-corrected chi connectivity index (χ0v) is 10.5. The van der Waals surface area contributed by atoms with Crippen LogP contribution in [0.5, 0.6) is 0 Å². The fourth-order valence-corrected chi connectivity index (χ4v) is 2.64. The number of hydrogen-bond donors (Lipinski definition) is 0. The molecule has 0 fully saturated rings. The van der Waals surface area contributed by atoms with Gasteiger partial charge in [-0.1, -0.05) is 46.5 Å². The summed E-state index contributed by atoms with van der Waals surface area (Å²) in [6.45, 7) is 4.24. The van der Waals surface area contributed by atoms with Crippen molar-refractivity contribution in [1.82, 2.24) is 0 Å². The molecule has 0 bridgehead atoms. The van der Waals surface area contributed by atoms with Crippen molar-refractivity contribution in [3.05, 3.63) is 44.5 Å². The molecule has 0 amide bonds. The Hall–Kier alpha value is -0.460. The van der Waals surface area contributed by atoms with E-state index in [2.05, 4.69) is 26.0 Å². The Bertz CT molecular complexity index is 380. The van der Waals surface area contributed by atoms with Crippen LogP contribution >= 0.6 is 23.2 Å². The molecule has 80 valence electrons. The minimum atomic E-state index is 0.885. The lowest BCUT2D eigenvalue weighted by Gasteiger charge is -2.09. The van der Waals surface area contributed by atoms with Crippen LogP contribution in [0.2, 0.25) is 0 Å². The fourth-order valence-electron chi connectivity index (χ4n) is 2.05. The van der Waals surface area contributed by atoms with Crippen molar-refractivity contribution in [3.63, 3.8) is 0 Å². The second-order valence-electron chi connectivity index (χ2n) is 4.13. The summed E-state index contributed by atoms with van der Waals surface area (Å²) >= 11 is 12.4. The first-order chi connectivity index (χ1) is 7.09. The minimum Gasteiger partial charge on any atom is -0.0885 e. The molecule has 0 nitrogen and oxygen atoms in total. The standard InChI is InChI=1S/C13H14Cl2/c1-8-3-5-12(14)10(8)7-11-9(2)4-6-13(11)15/h3-4H,5-7H2,1-2H3. The van der Waals surface area contributed by atoms with Crippen LogP contribution in [0.4, 0.5) is 0 Å². The molecule has 0 aromatic heterocycles. The van der Waals surface area contributed by atoms with Gasteiger partial charge in [0.15, 0.2) is 0 Å². The van der Waals surface area contributed by atoms with Crippen LogP contribution in [0.25, 0.3) is 0 Å². The number of hydrogen-bond acceptors (Lipinski definition) is 0. The minimum absolute atomic E-state index is 0.885. The molecule has 15 heavy (non-hydrogen) atoms. The van der Waals surface area contributed by atoms with Crippen molar-refractivity contribution >= 4 is 23.2 Å². The molecule has 2 heteroatoms. The van der Waals surface area contributed by atoms with Crippen molar-refractivity contribution in [2.24, 2.45) is 0 Å². The molecular formula is C13H14Cl2. The highest BCUT2D eigenvalue weighted by Crippen LogP contribution is 2.39. The topological polar surface area (TPSA) is 0 Å². The van der Waals surface area contributed by atoms with Gasteiger partial charge in [-0.3, -0.25) is 0 Å². The molecule has 0 N–H and O–H groups in total. The summed E-state index contributed by atoms with van der Waals surface area (Å²) in [5.74, 6) is 0. The lowest BCUT2D eigenvalue weighted by atomic mass is 9.99. The third-order valence-electron chi connectivity index (χ3n) is 3.14. The van der Waals surface area contributed by atoms with Crippen molar-refractivity contribution in [2.75, 3.05) is 0 Å². The molecule has 2 aliphatic carbocycles. The van der Waals surface area contributed by atoms with E-state index in [1.165, 1.54) is 22.3 Å². The second kappa shape index (κ2) is 4.19. The van der Waals surface area contributed by atoms with Gasteiger partial charge in [0.2, 0.25) is 0 Å². The van der Waals surface area contributed by atoms with Gasteiger partial charge in [-0.25, -0.2) is 0 Å². The van der Waals surface area contributed by atoms with Gasteiger partial charge in [0, 0.05) is 29.3 Å². The molecule has 2 rings (SSSR count). The van der Waals surface area contributed by atoms with Crippen LogP contribution in [-0.2, 0) is 0 Å². The molecule has 0 spiro atoms. The predicted molar refractivity (Wildman–Crippen MR) is 67.1 cm³/mol. The van der Waals surface area contributed by atoms with Gasteiger partial charge in [0.05, 0.1) is 0 Å². The first kappa shape index (κ1) is 11.0. The number of halogens is 2. The Morgan fingerprint density at radius 2 is 1.33 bits per heavy atom. The summed E-state index contributed by atoms with van der Waals surface area (Å²) in [7, 11) is 0. The van der Waals surface area contributed by atoms with E-state index in [-0.39, 0.29) is 0 Å². The van der Waals surface area contributed by atoms with Crippen LogP contribution in [0, 0.1) is 0 Å². The van der Waals surface area contributed by atoms with E-state index in [0.29, 0.717) is 0 Å². The molecule has 0 aromatic carbocycles. The van der Waals surface area contributed by atoms with Crippen LogP contribution in [0.3, 0.4) is 0 Å². The quantitative estimate of drug-likeness (QED) is 0.633. The van der Waals surface area contributed by atoms with E-state index in [9.17, 15) is 0 Å². The van der Waals surface area contributed by atoms with Crippen LogP contribution in [0.15, 0.2) is 44.5 Å². The third kappa shape index (κ3) is 2.07. The Balaban J connectivity index is 2.24. The average Bonchev–Trinajstić information content (AvgIpc) is 2.67. The van der Waals surface area contributed by atoms with Crippen molar-refractivity contribution in [1.29, 1.82) is 0 Å². The average molecular weight is 241 g/mol. The Labute approximate surface area is 101 Å². The summed E-state index contributed by atoms with van der Waals surface area (Å²) in [4.78, 5) is 0. The normalized spacial score (nSPS) is 21.3. The first-order valence-electron chi connectivity index (χ1n) is 5.19. The van der Waals surface area contributed by atoms with Crippen LogP contribution in [-0.4, -0.2) is 0 Å². The SMILES string of the molecule is CC1=CCC(Cl)=C1CC1=C(Cl)CC=C1C. The maximum absolute atomic E-state index is 6.19. The molecule has 0 radical (unpaired) electrons. The van der Waals surface area contributed by atoms with Gasteiger partial charge in [0.25, 0.3) is 0 Å². The van der Waals surface area contributed by atoms with E-state index in [4.69, 9.17) is 23.2 Å². The fraction of sp³-hybridized carbons (Fsp3) is 0.385. The van der Waals surface area contributed by atoms with E-state index in [1.54, 1.807) is 0 Å². The predicted octanol–water partition coefficient (Wildman–Crippen LogP) is 5.06. The van der Waals surface area contributed by atoms with E-state index in [0.717, 1.165) is 29.3 Å². The molecule has 0 saturated heterocycles. The molecule has 0 atom stereocenters. The van der Waals surface area contributed by atoms with Gasteiger partial charge in [-0.2, -0.15) is 0 Å². The molecule has 0 heterocycles. The van der Waals surface area contributed by atoms with Gasteiger partial charge in [0.1, 0.15) is 0 Å². The molecule has 0 saturated carbocycles. The van der Waals surface area contributed by atoms with Gasteiger partial charge in [-0.15, -0.1) is 0 Å². The smallest absolute Gasteiger partial charge is 0.0256 e. The summed E-state index contributed by atoms with van der Waals surface area (Å²) in [5, 5.41) is 1.95. The van der Waals surface area contributed by atoms with Gasteiger partial charge < -0.3 is 0 Å². The largest absolute Gasteiger partial charge is 0.0885 e. The Morgan fingerprint density at radius 3 is 1.60 bits per heavy atom. The zero-order chi connectivity index (χ0) is 11.0. The lowest BCUT2D eigenvalue weighted by molar-refractivity contribution is 1.12. The van der Waals surface area contributed by atoms with Gasteiger partial charge in [-0.05, 0) is 25.0 Å². The third-order valence-corrected chi connectivity index (χ3v) is 3.90. The highest BCUT2D eigenvalue weighted by molar-refractivity contribution is 6.31. The molecular weight excluding hydrogens is 227 g/mol. The van der Waals surface area contributed by atoms with E-state index < -0.39 is 0 Å². The van der Waals surface area contributed by atoms with Crippen molar-refractivity contribution < 1.29 is 0 Å². The van der Waals surface area contributed by atoms with Gasteiger partial charge >= 0.3 is 0 Å². The summed E-state index contributed by atoms with van der Waals surface area (Å²) in [5.41, 5.74) is 5.13. The summed E-state index contributed by atoms with van der Waals surface area (Å²) in [6, 6.07) is 0. The monoisotopic (exact) mass is 240 g/mol. The zero-order valence-electron chi connectivity index (χ0n) is 9.03. The lowest BCUT2D eigenvalue weighted by Crippen LogP contribution is -1.90. The first-order valence-corrected chi connectivity index (χ1v) is 5.94. The summed E-state index contributed by atoms with van der Waals surface area (Å²) < 4.78 is 0. The second-order valence-corrected chi connectivity index (χ2v) is 5.04. The van der Waals surface area contributed by atoms with Crippen molar-refractivity contribution in [3.8, 4) is 0 Å². The summed E-state index contributed by atoms with van der Waals surface area (Å²) in [6.07, 6.45) is 7.02.